The first-order chi connectivity index (χ1) is 37.6. The molecule has 14 N–H and O–H groups in total. The zero-order valence-corrected chi connectivity index (χ0v) is 46.1. The van der Waals surface area contributed by atoms with Crippen LogP contribution in [0.5, 0.6) is 0 Å². The summed E-state index contributed by atoms with van der Waals surface area (Å²) in [5, 5.41) is 16.4. The maximum Gasteiger partial charge on any atom is 0.242 e. The van der Waals surface area contributed by atoms with Crippen LogP contribution in [0.3, 0.4) is 0 Å². The minimum atomic E-state index is -0.642. The van der Waals surface area contributed by atoms with Gasteiger partial charge in [0, 0.05) is 65.4 Å². The quantitative estimate of drug-likeness (QED) is 0.0274. The van der Waals surface area contributed by atoms with Crippen LogP contribution in [0.4, 0.5) is 0 Å². The third kappa shape index (κ3) is 54.0. The largest absolute Gasteiger partial charge is 0.379 e. The minimum absolute atomic E-state index is 0.0926. The molecule has 27 nitrogen and oxygen atoms in total. The molecular weight excluding hydrogens is 1010 g/mol. The van der Waals surface area contributed by atoms with E-state index in [1.807, 2.05) is 0 Å². The number of hydrogen-bond donors (Lipinski definition) is 10. The normalized spacial score (nSPS) is 12.0. The average Bonchev–Trinajstić information content (AvgIpc) is 3.42. The number of ether oxygens (including phenoxy) is 11. The van der Waals surface area contributed by atoms with E-state index in [2.05, 4.69) is 31.9 Å². The van der Waals surface area contributed by atoms with Crippen molar-refractivity contribution in [2.75, 3.05) is 198 Å². The Morgan fingerprint density at radius 1 is 0.325 bits per heavy atom. The fourth-order valence-electron chi connectivity index (χ4n) is 6.30. The second kappa shape index (κ2) is 58.4. The van der Waals surface area contributed by atoms with Crippen LogP contribution in [-0.2, 0) is 80.9 Å². The molecule has 452 valence electrons. The molecule has 0 saturated heterocycles. The minimum Gasteiger partial charge on any atom is -0.379 e. The fraction of sp³-hybridized carbons (Fsp3) is 0.880. The standard InChI is InChI=1S/C50H100N10O17/c51-13-3-1-9-43(54)49(65)59-42-48(64)57-17-7-21-69-27-33-73-31-25-67-19-5-15-55-45(61)11-23-71-29-35-75-37-39-77-40-38-76-36-30-72-24-12-46(62)56-16-6-20-68-26-32-74-34-28-70-22-8-18-58-50(66)44(10-2-4-14-52)60-47(63)41-53/h43-44H,1-42,51-54H2,(H,55,61)(H,56,62)(H,57,64)(H,58,66)(H,59,65)(H,60,63)/t43-,44-/m0/s1. The van der Waals surface area contributed by atoms with Crippen molar-refractivity contribution in [3.8, 4) is 0 Å². The van der Waals surface area contributed by atoms with Gasteiger partial charge >= 0.3 is 0 Å². The molecule has 0 aliphatic heterocycles. The molecule has 77 heavy (non-hydrogen) atoms. The van der Waals surface area contributed by atoms with Gasteiger partial charge in [0.25, 0.3) is 0 Å². The summed E-state index contributed by atoms with van der Waals surface area (Å²) in [6, 6.07) is -1.27. The fourth-order valence-corrected chi connectivity index (χ4v) is 6.30. The number of nitrogens with one attached hydrogen (secondary N) is 6. The zero-order valence-electron chi connectivity index (χ0n) is 46.1. The summed E-state index contributed by atoms with van der Waals surface area (Å²) < 4.78 is 60.5. The highest BCUT2D eigenvalue weighted by Crippen LogP contribution is 2.02. The van der Waals surface area contributed by atoms with Crippen LogP contribution in [0.15, 0.2) is 0 Å². The average molecular weight is 1110 g/mol. The van der Waals surface area contributed by atoms with Gasteiger partial charge in [-0.25, -0.2) is 0 Å². The molecule has 0 aliphatic carbocycles. The predicted molar refractivity (Wildman–Crippen MR) is 287 cm³/mol. The molecule has 0 saturated carbocycles. The Kier molecular flexibility index (Phi) is 55.5. The van der Waals surface area contributed by atoms with Gasteiger partial charge in [-0.1, -0.05) is 6.42 Å². The van der Waals surface area contributed by atoms with E-state index in [-0.39, 0.29) is 61.4 Å². The number of rotatable bonds is 60. The maximum atomic E-state index is 12.4. The van der Waals surface area contributed by atoms with Gasteiger partial charge in [0.15, 0.2) is 0 Å². The molecule has 6 amide bonds. The molecule has 0 rings (SSSR count). The van der Waals surface area contributed by atoms with E-state index in [0.717, 1.165) is 25.7 Å². The molecule has 0 aromatic rings. The topological polar surface area (TPSA) is 380 Å². The van der Waals surface area contributed by atoms with Crippen molar-refractivity contribution in [3.63, 3.8) is 0 Å². The smallest absolute Gasteiger partial charge is 0.242 e. The van der Waals surface area contributed by atoms with Crippen LogP contribution >= 0.6 is 0 Å². The second-order valence-electron chi connectivity index (χ2n) is 17.2. The molecule has 27 heteroatoms. The molecule has 0 fully saturated rings. The van der Waals surface area contributed by atoms with Gasteiger partial charge in [-0.15, -0.1) is 0 Å². The number of hydrogen-bond acceptors (Lipinski definition) is 21. The Morgan fingerprint density at radius 2 is 0.649 bits per heavy atom. The van der Waals surface area contributed by atoms with E-state index >= 15 is 0 Å². The monoisotopic (exact) mass is 1110 g/mol. The number of amides is 6. The lowest BCUT2D eigenvalue weighted by Crippen LogP contribution is -2.48. The lowest BCUT2D eigenvalue weighted by atomic mass is 10.1. The number of unbranched alkanes of at least 4 members (excludes halogenated alkanes) is 2. The van der Waals surface area contributed by atoms with Crippen molar-refractivity contribution in [1.82, 2.24) is 31.9 Å². The van der Waals surface area contributed by atoms with Crippen LogP contribution in [0.25, 0.3) is 0 Å². The predicted octanol–water partition coefficient (Wildman–Crippen LogP) is -2.88. The SMILES string of the molecule is NCCCC[C@H](NC(=O)CN)C(=O)NCCCOCCOCCOCCCNC(=O)CCOCCOCCOCCOCCOCCC(=O)NCCCOCCOCCOCCCNC(=O)CNC(=O)[C@@H](N)CCCCN. The molecule has 0 unspecified atom stereocenters. The van der Waals surface area contributed by atoms with Gasteiger partial charge in [-0.2, -0.15) is 0 Å². The van der Waals surface area contributed by atoms with Crippen LogP contribution in [0, 0.1) is 0 Å². The third-order valence-electron chi connectivity index (χ3n) is 10.6. The van der Waals surface area contributed by atoms with Crippen LogP contribution in [-0.4, -0.2) is 245 Å². The van der Waals surface area contributed by atoms with Crippen molar-refractivity contribution in [2.45, 2.75) is 89.1 Å². The first-order valence-electron chi connectivity index (χ1n) is 27.5. The lowest BCUT2D eigenvalue weighted by Gasteiger charge is -2.18. The molecule has 2 atom stereocenters. The Balaban J connectivity index is 3.36. The Labute approximate surface area is 456 Å². The van der Waals surface area contributed by atoms with E-state index in [1.54, 1.807) is 0 Å². The van der Waals surface area contributed by atoms with Gasteiger partial charge in [-0.3, -0.25) is 28.8 Å². The van der Waals surface area contributed by atoms with Gasteiger partial charge in [0.1, 0.15) is 6.04 Å². The first-order valence-corrected chi connectivity index (χ1v) is 27.5. The summed E-state index contributed by atoms with van der Waals surface area (Å²) in [5.74, 6) is -1.44. The summed E-state index contributed by atoms with van der Waals surface area (Å²) >= 11 is 0. The van der Waals surface area contributed by atoms with Gasteiger partial charge in [-0.05, 0) is 70.9 Å². The summed E-state index contributed by atoms with van der Waals surface area (Å²) in [6.45, 7) is 11.7. The van der Waals surface area contributed by atoms with Crippen LogP contribution in [0.2, 0.25) is 0 Å². The molecule has 0 heterocycles. The Morgan fingerprint density at radius 3 is 1.01 bits per heavy atom. The van der Waals surface area contributed by atoms with Crippen LogP contribution in [0.1, 0.15) is 77.0 Å². The highest BCUT2D eigenvalue weighted by atomic mass is 16.6. The number of carbonyl (C=O) groups is 6. The summed E-state index contributed by atoms with van der Waals surface area (Å²) in [6.07, 6.45) is 7.22. The third-order valence-corrected chi connectivity index (χ3v) is 10.6. The van der Waals surface area contributed by atoms with Crippen molar-refractivity contribution in [1.29, 1.82) is 0 Å². The summed E-state index contributed by atoms with van der Waals surface area (Å²) in [4.78, 5) is 71.9. The highest BCUT2D eigenvalue weighted by Gasteiger charge is 2.19. The molecular formula is C50H100N10O17. The van der Waals surface area contributed by atoms with E-state index in [4.69, 9.17) is 75.0 Å². The molecule has 0 bridgehead atoms. The van der Waals surface area contributed by atoms with Gasteiger partial charge < -0.3 is 107 Å². The van der Waals surface area contributed by atoms with E-state index in [9.17, 15) is 28.8 Å². The molecule has 0 aromatic carbocycles. The first kappa shape index (κ1) is 73.2. The Bertz CT molecular complexity index is 1420. The van der Waals surface area contributed by atoms with E-state index in [1.165, 1.54) is 0 Å². The van der Waals surface area contributed by atoms with Crippen LogP contribution < -0.4 is 54.8 Å². The number of nitrogens with two attached hydrogens (primary N) is 4. The maximum absolute atomic E-state index is 12.4. The number of carbonyl (C=O) groups excluding carboxylic acids is 6. The molecule has 0 spiro atoms. The molecule has 0 aromatic heterocycles. The van der Waals surface area contributed by atoms with Crippen molar-refractivity contribution >= 4 is 35.4 Å². The Hall–Kier alpha value is -3.78. The van der Waals surface area contributed by atoms with Gasteiger partial charge in [0.05, 0.1) is 138 Å². The van der Waals surface area contributed by atoms with Crippen molar-refractivity contribution < 1.29 is 80.9 Å². The molecule has 0 radical (unpaired) electrons. The zero-order chi connectivity index (χ0) is 56.3. The molecule has 0 aliphatic rings. The highest BCUT2D eigenvalue weighted by molar-refractivity contribution is 5.88. The van der Waals surface area contributed by atoms with E-state index in [0.29, 0.717) is 223 Å². The van der Waals surface area contributed by atoms with Crippen molar-refractivity contribution in [2.24, 2.45) is 22.9 Å². The summed E-state index contributed by atoms with van der Waals surface area (Å²) in [5.41, 5.74) is 22.1. The summed E-state index contributed by atoms with van der Waals surface area (Å²) in [7, 11) is 0. The second-order valence-corrected chi connectivity index (χ2v) is 17.2. The van der Waals surface area contributed by atoms with E-state index < -0.39 is 12.1 Å². The van der Waals surface area contributed by atoms with Crippen molar-refractivity contribution in [3.05, 3.63) is 0 Å². The van der Waals surface area contributed by atoms with Gasteiger partial charge in [0.2, 0.25) is 35.4 Å². The lowest BCUT2D eigenvalue weighted by molar-refractivity contribution is -0.128.